The molecule has 0 spiro atoms. The molecule has 2 aromatic heterocycles. The van der Waals surface area contributed by atoms with Crippen molar-refractivity contribution in [2.24, 2.45) is 0 Å². The average Bonchev–Trinajstić information content (AvgIpc) is 3.81. The van der Waals surface area contributed by atoms with Gasteiger partial charge in [-0.25, -0.2) is 21.7 Å². The Bertz CT molecular complexity index is 3980. The van der Waals surface area contributed by atoms with Crippen LogP contribution in [-0.2, 0) is 61.2 Å². The number of carboxylic acid groups (broad SMARTS) is 1. The first-order valence-electron chi connectivity index (χ1n) is 21.6. The number of nitrogens with zero attached hydrogens (tertiary/aromatic N) is 4. The molecule has 72 heavy (non-hydrogen) atoms. The maximum absolute atomic E-state index is 14.8. The Balaban J connectivity index is 1.29. The molecule has 25 heteroatoms. The van der Waals surface area contributed by atoms with Crippen molar-refractivity contribution in [3.8, 4) is 5.69 Å². The maximum Gasteiger partial charge on any atom is 0.320 e. The van der Waals surface area contributed by atoms with Crippen molar-refractivity contribution in [2.75, 3.05) is 33.6 Å². The summed E-state index contributed by atoms with van der Waals surface area (Å²) in [5.41, 5.74) is 1.54. The number of aliphatic carboxylic acids is 1. The maximum atomic E-state index is 14.8. The van der Waals surface area contributed by atoms with Crippen molar-refractivity contribution in [1.29, 1.82) is 0 Å². The van der Waals surface area contributed by atoms with Crippen LogP contribution in [0.4, 0.5) is 11.4 Å². The molecule has 4 heterocycles. The number of hydrogen-bond donors (Lipinski definition) is 4. The molecular weight excluding hydrogens is 1030 g/mol. The zero-order chi connectivity index (χ0) is 51.8. The molecule has 8 rings (SSSR count). The van der Waals surface area contributed by atoms with E-state index < -0.39 is 92.3 Å². The molecule has 0 bridgehead atoms. The molecule has 0 saturated heterocycles. The molecule has 4 aromatic carbocycles. The molecule has 374 valence electrons. The van der Waals surface area contributed by atoms with Gasteiger partial charge in [-0.3, -0.25) is 32.9 Å². The molecule has 0 radical (unpaired) electrons. The Kier molecular flexibility index (Phi) is 14.5. The smallest absolute Gasteiger partial charge is 0.320 e. The predicted octanol–water partition coefficient (Wildman–Crippen LogP) is 2.59. The van der Waals surface area contributed by atoms with Crippen LogP contribution in [-0.4, -0.2) is 94.0 Å². The minimum absolute atomic E-state index is 0.0820. The van der Waals surface area contributed by atoms with Gasteiger partial charge < -0.3 is 10.0 Å². The number of pyridine rings is 1. The van der Waals surface area contributed by atoms with Crippen molar-refractivity contribution < 1.29 is 66.8 Å². The fourth-order valence-electron chi connectivity index (χ4n) is 8.34. The lowest BCUT2D eigenvalue weighted by atomic mass is 10.0. The second kappa shape index (κ2) is 20.3. The van der Waals surface area contributed by atoms with E-state index in [1.165, 1.54) is 62.2 Å². The van der Waals surface area contributed by atoms with Crippen LogP contribution >= 0.6 is 11.3 Å². The van der Waals surface area contributed by atoms with Crippen LogP contribution in [0.5, 0.6) is 0 Å². The van der Waals surface area contributed by atoms with E-state index in [0.717, 1.165) is 56.1 Å². The first-order chi connectivity index (χ1) is 34.0. The summed E-state index contributed by atoms with van der Waals surface area (Å²) in [6, 6.07) is 25.5. The number of carboxylic acids is 1. The monoisotopic (exact) mass is 1080 g/mol. The third kappa shape index (κ3) is 11.5. The third-order valence-corrected chi connectivity index (χ3v) is 17.5. The molecule has 0 unspecified atom stereocenters. The van der Waals surface area contributed by atoms with Crippen molar-refractivity contribution in [2.45, 2.75) is 30.7 Å². The number of carbonyl (C=O) groups excluding carboxylic acids is 2. The number of thiazole rings is 1. The van der Waals surface area contributed by atoms with Crippen LogP contribution in [0.25, 0.3) is 45.6 Å². The average molecular weight is 1080 g/mol. The van der Waals surface area contributed by atoms with E-state index in [2.05, 4.69) is 0 Å². The summed E-state index contributed by atoms with van der Waals surface area (Å²) in [7, 11) is -18.8. The highest BCUT2D eigenvalue weighted by Crippen LogP contribution is 2.37. The SMILES string of the molecule is O=C(O)CS(=O)(=O)NS(=O)(=O)CCN1C(=CC=c2sc(=Cc3ccc4c5ccccc5ccc4[n+]3CCCCCS(=O)(=O)O)n(-c3ccc(N4C(=O)C=CC4=O)cc3)c2=O)C=Cc2cccc(S(=O)(=O)O)c21. The number of anilines is 2. The molecular formula is C47H42N5O15S5+. The van der Waals surface area contributed by atoms with E-state index in [1.807, 2.05) is 53.1 Å². The number of unbranched alkanes of at least 4 members (excludes halogenated alkanes) is 2. The lowest BCUT2D eigenvalue weighted by Crippen LogP contribution is -2.40. The molecule has 0 saturated carbocycles. The zero-order valence-electron chi connectivity index (χ0n) is 37.4. The van der Waals surface area contributed by atoms with Crippen molar-refractivity contribution in [3.63, 3.8) is 0 Å². The van der Waals surface area contributed by atoms with Gasteiger partial charge in [0.05, 0.1) is 38.5 Å². The highest BCUT2D eigenvalue weighted by molar-refractivity contribution is 8.05. The van der Waals surface area contributed by atoms with E-state index in [1.54, 1.807) is 18.2 Å². The van der Waals surface area contributed by atoms with Gasteiger partial charge in [0.2, 0.25) is 31.3 Å². The fourth-order valence-corrected chi connectivity index (χ4v) is 13.5. The number of benzene rings is 4. The third-order valence-electron chi connectivity index (χ3n) is 11.4. The Morgan fingerprint density at radius 3 is 2.10 bits per heavy atom. The van der Waals surface area contributed by atoms with Gasteiger partial charge in [-0.2, -0.15) is 21.4 Å². The molecule has 20 nitrogen and oxygen atoms in total. The van der Waals surface area contributed by atoms with Crippen LogP contribution < -0.4 is 33.2 Å². The Morgan fingerprint density at radius 1 is 0.694 bits per heavy atom. The van der Waals surface area contributed by atoms with Gasteiger partial charge in [0.1, 0.15) is 16.1 Å². The molecule has 4 N–H and O–H groups in total. The molecule has 2 aliphatic heterocycles. The molecule has 0 atom stereocenters. The highest BCUT2D eigenvalue weighted by atomic mass is 32.3. The van der Waals surface area contributed by atoms with Crippen LogP contribution in [0, 0.1) is 0 Å². The van der Waals surface area contributed by atoms with E-state index in [-0.39, 0.29) is 33.6 Å². The standard InChI is InChI=1S/C47H41N5O15S5/c53-42-23-24-43(54)51(42)34-14-16-35(17-15-34)52-44(29-36-18-20-38-37-9-3-2-7-31(37)12-21-39(38)49(36)25-4-1-5-27-71(62,63)64)68-40(47(52)57)22-19-33-13-11-32-8-6-10-41(72(65,66)67)46(32)50(33)26-28-69(58,59)48-70(60,61)30-45(55)56/h2-3,6-24,29,48H,1,4-5,25-28,30H2,(H2-,55,56,62,63,64,65,66,67)/p+1. The first kappa shape index (κ1) is 51.4. The molecule has 2 amide bonds. The van der Waals surface area contributed by atoms with E-state index in [0.29, 0.717) is 35.4 Å². The summed E-state index contributed by atoms with van der Waals surface area (Å²) in [5, 5.41) is 11.9. The first-order valence-corrected chi connectivity index (χ1v) is 28.8. The summed E-state index contributed by atoms with van der Waals surface area (Å²) < 4.78 is 124. The number of imide groups is 1. The second-order valence-corrected chi connectivity index (χ2v) is 24.2. The number of sulfonamides is 2. The number of aryl methyl sites for hydroxylation is 1. The van der Waals surface area contributed by atoms with Crippen LogP contribution in [0.1, 0.15) is 30.5 Å². The van der Waals surface area contributed by atoms with Gasteiger partial charge in [0.25, 0.3) is 37.6 Å². The lowest BCUT2D eigenvalue weighted by molar-refractivity contribution is -0.673. The Morgan fingerprint density at radius 2 is 1.40 bits per heavy atom. The summed E-state index contributed by atoms with van der Waals surface area (Å²) in [4.78, 5) is 52.4. The summed E-state index contributed by atoms with van der Waals surface area (Å²) in [5.74, 6) is -5.91. The van der Waals surface area contributed by atoms with Gasteiger partial charge in [-0.05, 0) is 89.9 Å². The predicted molar refractivity (Wildman–Crippen MR) is 270 cm³/mol. The van der Waals surface area contributed by atoms with Gasteiger partial charge in [0, 0.05) is 49.0 Å². The van der Waals surface area contributed by atoms with Gasteiger partial charge in [0.15, 0.2) is 5.75 Å². The van der Waals surface area contributed by atoms with Crippen LogP contribution in [0.15, 0.2) is 131 Å². The van der Waals surface area contributed by atoms with Crippen molar-refractivity contribution in [1.82, 2.24) is 8.69 Å². The lowest BCUT2D eigenvalue weighted by Gasteiger charge is -2.31. The topological polar surface area (TPSA) is 293 Å². The number of nitrogens with one attached hydrogen (secondary N) is 1. The van der Waals surface area contributed by atoms with Crippen LogP contribution in [0.3, 0.4) is 0 Å². The number of allylic oxidation sites excluding steroid dienone is 2. The second-order valence-electron chi connectivity index (χ2n) is 16.4. The minimum atomic E-state index is -4.97. The molecule has 2 aliphatic rings. The summed E-state index contributed by atoms with van der Waals surface area (Å²) in [6.45, 7) is -0.258. The number of carbonyl (C=O) groups is 3. The van der Waals surface area contributed by atoms with Gasteiger partial charge >= 0.3 is 5.97 Å². The fraction of sp³-hybridized carbons (Fsp3) is 0.170. The zero-order valence-corrected chi connectivity index (χ0v) is 41.5. The molecule has 0 fully saturated rings. The number of hydrogen-bond acceptors (Lipinski definition) is 14. The molecule has 6 aromatic rings. The summed E-state index contributed by atoms with van der Waals surface area (Å²) >= 11 is 1.03. The Labute approximate surface area is 415 Å². The number of rotatable bonds is 18. The summed E-state index contributed by atoms with van der Waals surface area (Å²) in [6.07, 6.45) is 10.9. The van der Waals surface area contributed by atoms with Crippen molar-refractivity contribution in [3.05, 3.63) is 152 Å². The van der Waals surface area contributed by atoms with Crippen LogP contribution in [0.2, 0.25) is 0 Å². The van der Waals surface area contributed by atoms with E-state index in [4.69, 9.17) is 5.11 Å². The highest BCUT2D eigenvalue weighted by Gasteiger charge is 2.30. The van der Waals surface area contributed by atoms with Crippen molar-refractivity contribution >= 4 is 121 Å². The normalized spacial score (nSPS) is 15.4. The number of amides is 2. The minimum Gasteiger partial charge on any atom is -0.480 e. The number of para-hydroxylation sites is 1. The van der Waals surface area contributed by atoms with Gasteiger partial charge in [-0.1, -0.05) is 42.5 Å². The van der Waals surface area contributed by atoms with E-state index >= 15 is 0 Å². The quantitative estimate of drug-likeness (QED) is 0.0316. The largest absolute Gasteiger partial charge is 0.480 e. The van der Waals surface area contributed by atoms with Gasteiger partial charge in [-0.15, -0.1) is 15.5 Å². The number of aromatic nitrogens is 2. The number of fused-ring (bicyclic) bond motifs is 4. The molecule has 0 aliphatic carbocycles. The Hall–Kier alpha value is -6.97. The van der Waals surface area contributed by atoms with E-state index in [9.17, 15) is 62.0 Å².